The highest BCUT2D eigenvalue weighted by Gasteiger charge is 2.47. The van der Waals surface area contributed by atoms with E-state index >= 15 is 0 Å². The third kappa shape index (κ3) is 4.42. The molecule has 1 saturated carbocycles. The molecule has 0 unspecified atom stereocenters. The van der Waals surface area contributed by atoms with Crippen LogP contribution in [0.3, 0.4) is 0 Å². The number of hydrogen-bond donors (Lipinski definition) is 2. The number of nitrogens with one attached hydrogen (secondary N) is 2. The Kier molecular flexibility index (Phi) is 5.97. The van der Waals surface area contributed by atoms with E-state index < -0.39 is 29.2 Å². The number of anilines is 1. The molecule has 192 valence electrons. The Labute approximate surface area is 204 Å². The molecular weight excluding hydrogens is 481 g/mol. The second kappa shape index (κ2) is 8.76. The number of fused-ring (bicyclic) bond motifs is 1. The molecule has 1 saturated heterocycles. The summed E-state index contributed by atoms with van der Waals surface area (Å²) in [5.41, 5.74) is -1.23. The van der Waals surface area contributed by atoms with Crippen LogP contribution in [0.2, 0.25) is 0 Å². The quantitative estimate of drug-likeness (QED) is 0.376. The monoisotopic (exact) mass is 507 g/mol. The van der Waals surface area contributed by atoms with Crippen LogP contribution in [0, 0.1) is 5.41 Å². The van der Waals surface area contributed by atoms with Gasteiger partial charge in [0.1, 0.15) is 11.4 Å². The molecule has 1 aliphatic heterocycles. The molecule has 1 amide bonds. The van der Waals surface area contributed by atoms with Crippen LogP contribution in [-0.4, -0.2) is 41.9 Å². The van der Waals surface area contributed by atoms with Gasteiger partial charge < -0.3 is 15.0 Å². The summed E-state index contributed by atoms with van der Waals surface area (Å²) in [6.45, 7) is 1.84. The Hall–Kier alpha value is -3.14. The van der Waals surface area contributed by atoms with Crippen LogP contribution in [0.1, 0.15) is 37.3 Å². The maximum absolute atomic E-state index is 13.7. The number of halogens is 5. The van der Waals surface area contributed by atoms with E-state index in [0.29, 0.717) is 35.2 Å². The Morgan fingerprint density at radius 1 is 1.17 bits per heavy atom. The molecule has 3 aromatic rings. The molecule has 2 N–H and O–H groups in total. The fourth-order valence-corrected chi connectivity index (χ4v) is 5.23. The maximum atomic E-state index is 13.7. The topological polar surface area (TPSA) is 57.4 Å². The van der Waals surface area contributed by atoms with Crippen molar-refractivity contribution in [1.29, 1.82) is 0 Å². The predicted molar refractivity (Wildman–Crippen MR) is 125 cm³/mol. The largest absolute Gasteiger partial charge is 0.483 e. The fourth-order valence-electron chi connectivity index (χ4n) is 5.23. The molecule has 1 aromatic heterocycles. The number of amides is 1. The van der Waals surface area contributed by atoms with Gasteiger partial charge >= 0.3 is 6.18 Å². The zero-order chi connectivity index (χ0) is 25.7. The molecule has 2 fully saturated rings. The average Bonchev–Trinajstić information content (AvgIpc) is 3.16. The predicted octanol–water partition coefficient (Wildman–Crippen LogP) is 6.17. The molecular formula is C26H26F5N3O2. The van der Waals surface area contributed by atoms with Gasteiger partial charge in [-0.25, -0.2) is 8.78 Å². The summed E-state index contributed by atoms with van der Waals surface area (Å²) < 4.78 is 72.5. The van der Waals surface area contributed by atoms with Crippen molar-refractivity contribution >= 4 is 22.5 Å². The molecule has 0 atom stereocenters. The molecule has 0 bridgehead atoms. The van der Waals surface area contributed by atoms with Crippen LogP contribution >= 0.6 is 0 Å². The van der Waals surface area contributed by atoms with Crippen molar-refractivity contribution in [2.75, 3.05) is 25.0 Å². The first-order valence-corrected chi connectivity index (χ1v) is 11.8. The zero-order valence-corrected chi connectivity index (χ0v) is 19.6. The molecule has 2 aliphatic rings. The molecule has 10 heteroatoms. The fraction of sp³-hybridized carbons (Fsp3) is 0.423. The Morgan fingerprint density at radius 2 is 1.89 bits per heavy atom. The lowest BCUT2D eigenvalue weighted by Gasteiger charge is -2.46. The Balaban J connectivity index is 1.37. The lowest BCUT2D eigenvalue weighted by molar-refractivity contribution is -0.141. The molecule has 2 heterocycles. The van der Waals surface area contributed by atoms with Gasteiger partial charge in [0.2, 0.25) is 5.91 Å². The number of H-pyrrole nitrogens is 1. The van der Waals surface area contributed by atoms with Crippen LogP contribution in [0.4, 0.5) is 27.6 Å². The third-order valence-corrected chi connectivity index (χ3v) is 7.19. The normalized spacial score (nSPS) is 19.1. The summed E-state index contributed by atoms with van der Waals surface area (Å²) in [4.78, 5) is 17.5. The number of aromatic nitrogens is 1. The lowest BCUT2D eigenvalue weighted by Crippen LogP contribution is -2.61. The van der Waals surface area contributed by atoms with Gasteiger partial charge in [0.15, 0.2) is 0 Å². The Morgan fingerprint density at radius 3 is 2.53 bits per heavy atom. The number of carbonyl (C=O) groups excluding carboxylic acids is 1. The van der Waals surface area contributed by atoms with E-state index in [1.165, 1.54) is 17.0 Å². The highest BCUT2D eigenvalue weighted by molar-refractivity contribution is 6.04. The standard InChI is InChI=1S/C26H26F5N3O2/c1-24(14-34(15-24)13-22(27)28)23(35)33-21-12-32-20-8-7-16(11-17(20)21)36-25(9-4-10-25)18-5-2-3-6-19(18)26(29,30)31/h2-3,5-8,11-12,22,32H,4,9-10,13-15H2,1H3,(H,33,35). The molecule has 0 spiro atoms. The third-order valence-electron chi connectivity index (χ3n) is 7.19. The van der Waals surface area contributed by atoms with E-state index in [4.69, 9.17) is 4.74 Å². The summed E-state index contributed by atoms with van der Waals surface area (Å²) in [5, 5.41) is 3.52. The molecule has 5 rings (SSSR count). The summed E-state index contributed by atoms with van der Waals surface area (Å²) >= 11 is 0. The van der Waals surface area contributed by atoms with Gasteiger partial charge in [-0.15, -0.1) is 0 Å². The van der Waals surface area contributed by atoms with Crippen molar-refractivity contribution in [1.82, 2.24) is 9.88 Å². The van der Waals surface area contributed by atoms with Gasteiger partial charge in [0.05, 0.1) is 23.2 Å². The molecule has 2 aromatic carbocycles. The number of rotatable bonds is 7. The first-order valence-electron chi connectivity index (χ1n) is 11.8. The number of alkyl halides is 5. The number of carbonyl (C=O) groups is 1. The highest BCUT2D eigenvalue weighted by atomic mass is 19.4. The second-order valence-electron chi connectivity index (χ2n) is 9.98. The number of nitrogens with zero attached hydrogens (tertiary/aromatic N) is 1. The van der Waals surface area contributed by atoms with E-state index in [1.807, 2.05) is 0 Å². The van der Waals surface area contributed by atoms with Crippen LogP contribution in [0.25, 0.3) is 10.9 Å². The molecule has 5 nitrogen and oxygen atoms in total. The SMILES string of the molecule is CC1(C(=O)Nc2c[nH]c3ccc(OC4(c5ccccc5C(F)(F)F)CCC4)cc23)CN(CC(F)F)C1. The number of likely N-dealkylation sites (tertiary alicyclic amines) is 1. The molecule has 1 aliphatic carbocycles. The zero-order valence-electron chi connectivity index (χ0n) is 19.6. The number of benzene rings is 2. The summed E-state index contributed by atoms with van der Waals surface area (Å²) in [7, 11) is 0. The van der Waals surface area contributed by atoms with Gasteiger partial charge in [0.25, 0.3) is 6.43 Å². The van der Waals surface area contributed by atoms with Gasteiger partial charge in [-0.05, 0) is 50.5 Å². The van der Waals surface area contributed by atoms with Crippen molar-refractivity contribution in [2.24, 2.45) is 5.41 Å². The first kappa shape index (κ1) is 24.5. The second-order valence-corrected chi connectivity index (χ2v) is 9.98. The van der Waals surface area contributed by atoms with E-state index in [1.54, 1.807) is 37.4 Å². The van der Waals surface area contributed by atoms with Crippen molar-refractivity contribution in [3.63, 3.8) is 0 Å². The highest BCUT2D eigenvalue weighted by Crippen LogP contribution is 2.49. The van der Waals surface area contributed by atoms with Crippen LogP contribution < -0.4 is 10.1 Å². The molecule has 0 radical (unpaired) electrons. The van der Waals surface area contributed by atoms with Gasteiger partial charge in [0, 0.05) is 35.8 Å². The van der Waals surface area contributed by atoms with E-state index in [0.717, 1.165) is 12.5 Å². The van der Waals surface area contributed by atoms with E-state index in [2.05, 4.69) is 10.3 Å². The minimum Gasteiger partial charge on any atom is -0.483 e. The first-order chi connectivity index (χ1) is 17.0. The molecule has 36 heavy (non-hydrogen) atoms. The maximum Gasteiger partial charge on any atom is 0.416 e. The lowest BCUT2D eigenvalue weighted by atomic mass is 9.73. The Bertz CT molecular complexity index is 1280. The van der Waals surface area contributed by atoms with Crippen molar-refractivity contribution in [2.45, 2.75) is 44.4 Å². The van der Waals surface area contributed by atoms with Crippen molar-refractivity contribution in [3.8, 4) is 5.75 Å². The van der Waals surface area contributed by atoms with Crippen molar-refractivity contribution < 1.29 is 31.5 Å². The summed E-state index contributed by atoms with van der Waals surface area (Å²) in [6.07, 6.45) is -3.64. The van der Waals surface area contributed by atoms with Gasteiger partial charge in [-0.2, -0.15) is 13.2 Å². The number of aromatic amines is 1. The van der Waals surface area contributed by atoms with E-state index in [9.17, 15) is 26.7 Å². The van der Waals surface area contributed by atoms with Crippen molar-refractivity contribution in [3.05, 3.63) is 59.8 Å². The summed E-state index contributed by atoms with van der Waals surface area (Å²) in [6, 6.07) is 10.6. The smallest absolute Gasteiger partial charge is 0.416 e. The van der Waals surface area contributed by atoms with Crippen LogP contribution in [-0.2, 0) is 16.6 Å². The van der Waals surface area contributed by atoms with Gasteiger partial charge in [-0.3, -0.25) is 9.69 Å². The number of ether oxygens (including phenoxy) is 1. The van der Waals surface area contributed by atoms with E-state index in [-0.39, 0.29) is 31.1 Å². The minimum atomic E-state index is -4.49. The summed E-state index contributed by atoms with van der Waals surface area (Å²) in [5.74, 6) is 0.113. The number of hydrogen-bond acceptors (Lipinski definition) is 3. The van der Waals surface area contributed by atoms with Gasteiger partial charge in [-0.1, -0.05) is 18.2 Å². The average molecular weight is 508 g/mol. The van der Waals surface area contributed by atoms with Crippen LogP contribution in [0.15, 0.2) is 48.7 Å². The minimum absolute atomic E-state index is 0.123. The van der Waals surface area contributed by atoms with Crippen LogP contribution in [0.5, 0.6) is 5.75 Å².